The van der Waals surface area contributed by atoms with Crippen LogP contribution in [0.5, 0.6) is 0 Å². The lowest BCUT2D eigenvalue weighted by molar-refractivity contribution is -0.137. The van der Waals surface area contributed by atoms with Gasteiger partial charge in [0.15, 0.2) is 0 Å². The van der Waals surface area contributed by atoms with Crippen LogP contribution in [0.3, 0.4) is 0 Å². The van der Waals surface area contributed by atoms with Crippen molar-refractivity contribution in [1.82, 2.24) is 5.32 Å². The molecule has 6 heteroatoms. The maximum atomic E-state index is 12.0. The minimum absolute atomic E-state index is 0.0933. The van der Waals surface area contributed by atoms with Crippen LogP contribution in [0, 0.1) is 0 Å². The third kappa shape index (κ3) is 4.66. The van der Waals surface area contributed by atoms with E-state index in [1.807, 2.05) is 37.3 Å². The summed E-state index contributed by atoms with van der Waals surface area (Å²) >= 11 is 1.72. The number of aliphatic carboxylic acids is 1. The van der Waals surface area contributed by atoms with Gasteiger partial charge in [0.2, 0.25) is 0 Å². The number of ether oxygens (including phenoxy) is 1. The molecule has 120 valence electrons. The topological polar surface area (TPSA) is 75.6 Å². The number of nitrogens with one attached hydrogen (secondary N) is 1. The van der Waals surface area contributed by atoms with Crippen LogP contribution in [-0.4, -0.2) is 33.7 Å². The van der Waals surface area contributed by atoms with Gasteiger partial charge in [0.05, 0.1) is 12.5 Å². The van der Waals surface area contributed by atoms with E-state index in [2.05, 4.69) is 5.32 Å². The van der Waals surface area contributed by atoms with Gasteiger partial charge < -0.3 is 15.2 Å². The fourth-order valence-corrected chi connectivity index (χ4v) is 3.96. The lowest BCUT2D eigenvalue weighted by atomic mass is 9.93. The Labute approximate surface area is 134 Å². The number of benzene rings is 1. The molecule has 0 aromatic heterocycles. The van der Waals surface area contributed by atoms with Gasteiger partial charge in [-0.25, -0.2) is 4.79 Å². The number of rotatable bonds is 6. The van der Waals surface area contributed by atoms with Crippen LogP contribution in [0.15, 0.2) is 30.3 Å². The predicted molar refractivity (Wildman–Crippen MR) is 85.9 cm³/mol. The Morgan fingerprint density at radius 2 is 2.14 bits per heavy atom. The molecule has 2 atom stereocenters. The van der Waals surface area contributed by atoms with Crippen LogP contribution in [0.4, 0.5) is 4.79 Å². The van der Waals surface area contributed by atoms with Crippen LogP contribution in [0.2, 0.25) is 0 Å². The van der Waals surface area contributed by atoms with E-state index in [4.69, 9.17) is 9.84 Å². The maximum absolute atomic E-state index is 12.0. The quantitative estimate of drug-likeness (QED) is 0.841. The molecule has 1 fully saturated rings. The second-order valence-corrected chi connectivity index (χ2v) is 7.25. The zero-order chi connectivity index (χ0) is 16.0. The van der Waals surface area contributed by atoms with Crippen molar-refractivity contribution in [3.8, 4) is 0 Å². The van der Waals surface area contributed by atoms with Crippen LogP contribution in [0.1, 0.15) is 31.7 Å². The highest BCUT2D eigenvalue weighted by molar-refractivity contribution is 8.00. The number of alkyl carbamates (subject to hydrolysis) is 1. The minimum Gasteiger partial charge on any atom is -0.481 e. The molecule has 1 heterocycles. The first-order valence-corrected chi connectivity index (χ1v) is 8.31. The van der Waals surface area contributed by atoms with E-state index in [1.54, 1.807) is 11.8 Å². The van der Waals surface area contributed by atoms with E-state index < -0.39 is 18.1 Å². The molecule has 0 saturated carbocycles. The van der Waals surface area contributed by atoms with Gasteiger partial charge in [-0.3, -0.25) is 4.79 Å². The minimum atomic E-state index is -0.915. The van der Waals surface area contributed by atoms with Crippen LogP contribution in [-0.2, 0) is 16.1 Å². The molecule has 1 aromatic carbocycles. The highest BCUT2D eigenvalue weighted by Crippen LogP contribution is 2.41. The number of carboxylic acid groups (broad SMARTS) is 1. The lowest BCUT2D eigenvalue weighted by Crippen LogP contribution is -2.49. The zero-order valence-corrected chi connectivity index (χ0v) is 13.4. The third-order valence-electron chi connectivity index (χ3n) is 3.87. The van der Waals surface area contributed by atoms with Gasteiger partial charge in [0.25, 0.3) is 0 Å². The smallest absolute Gasteiger partial charge is 0.407 e. The Kier molecular flexibility index (Phi) is 5.71. The van der Waals surface area contributed by atoms with Crippen molar-refractivity contribution < 1.29 is 19.4 Å². The van der Waals surface area contributed by atoms with Gasteiger partial charge in [0.1, 0.15) is 6.61 Å². The molecule has 1 aromatic rings. The Hall–Kier alpha value is -1.69. The average molecular weight is 323 g/mol. The number of hydrogen-bond acceptors (Lipinski definition) is 4. The fourth-order valence-electron chi connectivity index (χ4n) is 2.58. The molecule has 1 amide bonds. The first-order chi connectivity index (χ1) is 10.5. The molecule has 2 rings (SSSR count). The Morgan fingerprint density at radius 3 is 2.73 bits per heavy atom. The van der Waals surface area contributed by atoms with Crippen molar-refractivity contribution in [3.05, 3.63) is 35.9 Å². The van der Waals surface area contributed by atoms with Crippen LogP contribution < -0.4 is 5.32 Å². The number of carbonyl (C=O) groups is 2. The number of amides is 1. The van der Waals surface area contributed by atoms with Gasteiger partial charge in [-0.05, 0) is 31.1 Å². The van der Waals surface area contributed by atoms with E-state index in [0.29, 0.717) is 0 Å². The molecule has 0 spiro atoms. The molecule has 5 nitrogen and oxygen atoms in total. The van der Waals surface area contributed by atoms with Crippen LogP contribution in [0.25, 0.3) is 0 Å². The fraction of sp³-hybridized carbons (Fsp3) is 0.500. The lowest BCUT2D eigenvalue weighted by Gasteiger charge is -2.32. The highest BCUT2D eigenvalue weighted by atomic mass is 32.2. The normalized spacial score (nSPS) is 22.0. The average Bonchev–Trinajstić information content (AvgIpc) is 2.93. The number of carboxylic acids is 1. The van der Waals surface area contributed by atoms with E-state index in [1.165, 1.54) is 0 Å². The van der Waals surface area contributed by atoms with Crippen molar-refractivity contribution in [3.63, 3.8) is 0 Å². The Bertz CT molecular complexity index is 514. The van der Waals surface area contributed by atoms with Gasteiger partial charge in [0, 0.05) is 4.75 Å². The molecular weight excluding hydrogens is 302 g/mol. The summed E-state index contributed by atoms with van der Waals surface area (Å²) < 4.78 is 4.95. The number of hydrogen-bond donors (Lipinski definition) is 2. The Morgan fingerprint density at radius 1 is 1.41 bits per heavy atom. The summed E-state index contributed by atoms with van der Waals surface area (Å²) in [4.78, 5) is 23.0. The van der Waals surface area contributed by atoms with Crippen molar-refractivity contribution in [2.24, 2.45) is 0 Å². The number of carbonyl (C=O) groups excluding carboxylic acids is 1. The van der Waals surface area contributed by atoms with Crippen molar-refractivity contribution >= 4 is 23.8 Å². The molecule has 1 saturated heterocycles. The molecule has 0 bridgehead atoms. The summed E-state index contributed by atoms with van der Waals surface area (Å²) in [6.07, 6.45) is 1.28. The number of thioether (sulfide) groups is 1. The standard InChI is InChI=1S/C16H21NO4S/c1-16(8-5-9-22-16)13(10-14(18)19)17-15(20)21-11-12-6-3-2-4-7-12/h2-4,6-7,13H,5,8-11H2,1H3,(H,17,20)(H,18,19). The van der Waals surface area contributed by atoms with Crippen molar-refractivity contribution in [2.45, 2.75) is 43.6 Å². The SMILES string of the molecule is CC1(C(CC(=O)O)NC(=O)OCc2ccccc2)CCCS1. The molecule has 22 heavy (non-hydrogen) atoms. The van der Waals surface area contributed by atoms with E-state index in [0.717, 1.165) is 24.2 Å². The van der Waals surface area contributed by atoms with E-state index >= 15 is 0 Å². The Balaban J connectivity index is 1.91. The molecule has 1 aliphatic heterocycles. The van der Waals surface area contributed by atoms with Gasteiger partial charge >= 0.3 is 12.1 Å². The van der Waals surface area contributed by atoms with Crippen molar-refractivity contribution in [2.75, 3.05) is 5.75 Å². The second-order valence-electron chi connectivity index (χ2n) is 5.62. The zero-order valence-electron chi connectivity index (χ0n) is 12.6. The van der Waals surface area contributed by atoms with E-state index in [-0.39, 0.29) is 17.8 Å². The van der Waals surface area contributed by atoms with Gasteiger partial charge in [-0.1, -0.05) is 30.3 Å². The molecular formula is C16H21NO4S. The predicted octanol–water partition coefficient (Wildman–Crippen LogP) is 3.04. The third-order valence-corrected chi connectivity index (χ3v) is 5.51. The van der Waals surface area contributed by atoms with Gasteiger partial charge in [-0.2, -0.15) is 11.8 Å². The summed E-state index contributed by atoms with van der Waals surface area (Å²) in [6, 6.07) is 8.96. The molecule has 2 N–H and O–H groups in total. The first kappa shape index (κ1) is 16.7. The second kappa shape index (κ2) is 7.54. The maximum Gasteiger partial charge on any atom is 0.407 e. The van der Waals surface area contributed by atoms with Gasteiger partial charge in [-0.15, -0.1) is 0 Å². The monoisotopic (exact) mass is 323 g/mol. The van der Waals surface area contributed by atoms with Crippen LogP contribution >= 0.6 is 11.8 Å². The summed E-state index contributed by atoms with van der Waals surface area (Å²) in [6.45, 7) is 2.19. The van der Waals surface area contributed by atoms with Crippen molar-refractivity contribution in [1.29, 1.82) is 0 Å². The largest absolute Gasteiger partial charge is 0.481 e. The molecule has 1 aliphatic rings. The molecule has 2 unspecified atom stereocenters. The highest BCUT2D eigenvalue weighted by Gasteiger charge is 2.40. The summed E-state index contributed by atoms with van der Waals surface area (Å²) in [5.74, 6) is 0.0787. The summed E-state index contributed by atoms with van der Waals surface area (Å²) in [5.41, 5.74) is 0.897. The first-order valence-electron chi connectivity index (χ1n) is 7.32. The molecule has 0 aliphatic carbocycles. The summed E-state index contributed by atoms with van der Waals surface area (Å²) in [7, 11) is 0. The van der Waals surface area contributed by atoms with E-state index in [9.17, 15) is 9.59 Å². The summed E-state index contributed by atoms with van der Waals surface area (Å²) in [5, 5.41) is 11.8. The molecule has 0 radical (unpaired) electrons.